The van der Waals surface area contributed by atoms with Crippen LogP contribution in [0.4, 0.5) is 0 Å². The molecule has 2 heterocycles. The standard InChI is InChI=1S/C10H14N2/c1-12-7-3-5-10(12)9-4-2-6-11-8-9/h2,4,6,8,10H,3,5,7H2,1H3/t10-/m0/s1/i3D2. The van der Waals surface area contributed by atoms with Crippen LogP contribution in [0.3, 0.4) is 0 Å². The molecular weight excluding hydrogens is 148 g/mol. The highest BCUT2D eigenvalue weighted by molar-refractivity contribution is 5.14. The van der Waals surface area contributed by atoms with Crippen molar-refractivity contribution < 1.29 is 2.74 Å². The minimum Gasteiger partial charge on any atom is -0.299 e. The lowest BCUT2D eigenvalue weighted by Gasteiger charge is -2.18. The highest BCUT2D eigenvalue weighted by Gasteiger charge is 2.21. The molecule has 1 aromatic rings. The summed E-state index contributed by atoms with van der Waals surface area (Å²) in [5.74, 6) is 0. The molecule has 0 unspecified atom stereocenters. The zero-order valence-corrected chi connectivity index (χ0v) is 7.20. The quantitative estimate of drug-likeness (QED) is 0.629. The number of hydrogen-bond acceptors (Lipinski definition) is 2. The molecule has 0 saturated carbocycles. The number of rotatable bonds is 1. The van der Waals surface area contributed by atoms with Crippen LogP contribution in [0.5, 0.6) is 0 Å². The molecule has 1 atom stereocenters. The van der Waals surface area contributed by atoms with Crippen LogP contribution in [-0.2, 0) is 0 Å². The van der Waals surface area contributed by atoms with Gasteiger partial charge >= 0.3 is 0 Å². The van der Waals surface area contributed by atoms with Crippen molar-refractivity contribution >= 4 is 0 Å². The summed E-state index contributed by atoms with van der Waals surface area (Å²) in [5, 5.41) is 0. The molecule has 0 bridgehead atoms. The van der Waals surface area contributed by atoms with Gasteiger partial charge in [-0.3, -0.25) is 9.88 Å². The lowest BCUT2D eigenvalue weighted by molar-refractivity contribution is 0.317. The van der Waals surface area contributed by atoms with Crippen molar-refractivity contribution in [1.29, 1.82) is 0 Å². The molecule has 0 N–H and O–H groups in total. The van der Waals surface area contributed by atoms with E-state index in [0.717, 1.165) is 5.56 Å². The normalized spacial score (nSPS) is 31.2. The van der Waals surface area contributed by atoms with Crippen molar-refractivity contribution in [3.8, 4) is 0 Å². The van der Waals surface area contributed by atoms with Crippen LogP contribution in [0.15, 0.2) is 24.5 Å². The third-order valence-electron chi connectivity index (χ3n) is 2.30. The fourth-order valence-electron chi connectivity index (χ4n) is 1.59. The first-order chi connectivity index (χ1) is 6.58. The first-order valence-electron chi connectivity index (χ1n) is 5.19. The maximum Gasteiger partial charge on any atom is 0.0360 e. The third-order valence-corrected chi connectivity index (χ3v) is 2.30. The molecule has 0 amide bonds. The van der Waals surface area contributed by atoms with E-state index in [4.69, 9.17) is 2.74 Å². The molecule has 0 aliphatic carbocycles. The second-order valence-corrected chi connectivity index (χ2v) is 3.17. The monoisotopic (exact) mass is 164 g/mol. The Balaban J connectivity index is 2.21. The number of likely N-dealkylation sites (tertiary alicyclic amines) is 1. The summed E-state index contributed by atoms with van der Waals surface area (Å²) >= 11 is 0. The van der Waals surface area contributed by atoms with Crippen LogP contribution in [0.2, 0.25) is 0 Å². The van der Waals surface area contributed by atoms with Gasteiger partial charge < -0.3 is 0 Å². The van der Waals surface area contributed by atoms with E-state index in [-0.39, 0.29) is 6.04 Å². The Hall–Kier alpha value is -0.890. The Morgan fingerprint density at radius 2 is 2.67 bits per heavy atom. The molecule has 12 heavy (non-hydrogen) atoms. The fourth-order valence-corrected chi connectivity index (χ4v) is 1.59. The molecule has 0 radical (unpaired) electrons. The summed E-state index contributed by atoms with van der Waals surface area (Å²) < 4.78 is 15.4. The third kappa shape index (κ3) is 1.34. The average molecular weight is 164 g/mol. The van der Waals surface area contributed by atoms with Gasteiger partial charge in [-0.15, -0.1) is 0 Å². The van der Waals surface area contributed by atoms with Crippen LogP contribution < -0.4 is 0 Å². The summed E-state index contributed by atoms with van der Waals surface area (Å²) in [6, 6.07) is 4.09. The van der Waals surface area contributed by atoms with E-state index in [1.54, 1.807) is 6.20 Å². The molecule has 1 fully saturated rings. The molecule has 2 heteroatoms. The Bertz CT molecular complexity index is 313. The minimum atomic E-state index is -1.06. The van der Waals surface area contributed by atoms with E-state index < -0.39 is 6.37 Å². The van der Waals surface area contributed by atoms with Crippen molar-refractivity contribution in [2.45, 2.75) is 18.8 Å². The molecule has 2 rings (SSSR count). The summed E-state index contributed by atoms with van der Waals surface area (Å²) in [5.41, 5.74) is 1.11. The van der Waals surface area contributed by atoms with Gasteiger partial charge in [0.15, 0.2) is 0 Å². The molecule has 64 valence electrons. The second-order valence-electron chi connectivity index (χ2n) is 3.17. The van der Waals surface area contributed by atoms with Gasteiger partial charge in [-0.2, -0.15) is 0 Å². The van der Waals surface area contributed by atoms with E-state index in [0.29, 0.717) is 13.0 Å². The van der Waals surface area contributed by atoms with Crippen LogP contribution >= 0.6 is 0 Å². The topological polar surface area (TPSA) is 16.1 Å². The van der Waals surface area contributed by atoms with Gasteiger partial charge in [0.1, 0.15) is 0 Å². The van der Waals surface area contributed by atoms with Crippen molar-refractivity contribution in [3.05, 3.63) is 30.1 Å². The van der Waals surface area contributed by atoms with Gasteiger partial charge in [-0.05, 0) is 38.0 Å². The molecule has 0 aromatic carbocycles. The highest BCUT2D eigenvalue weighted by Crippen LogP contribution is 2.29. The Kier molecular flexibility index (Phi) is 1.54. The van der Waals surface area contributed by atoms with Crippen molar-refractivity contribution in [1.82, 2.24) is 9.88 Å². The Morgan fingerprint density at radius 3 is 3.25 bits per heavy atom. The SMILES string of the molecule is [2H]C1([2H])C[C@@H](c2cccnc2)N(C)C1. The highest BCUT2D eigenvalue weighted by atomic mass is 15.1. The number of pyridine rings is 1. The van der Waals surface area contributed by atoms with Gasteiger partial charge in [-0.1, -0.05) is 6.07 Å². The van der Waals surface area contributed by atoms with E-state index in [9.17, 15) is 0 Å². The predicted octanol–water partition coefficient (Wildman–Crippen LogP) is 1.85. The van der Waals surface area contributed by atoms with Crippen LogP contribution in [0.25, 0.3) is 0 Å². The minimum absolute atomic E-state index is 0.179. The van der Waals surface area contributed by atoms with Crippen molar-refractivity contribution in [2.24, 2.45) is 0 Å². The molecule has 2 nitrogen and oxygen atoms in total. The second kappa shape index (κ2) is 3.23. The van der Waals surface area contributed by atoms with Crippen LogP contribution in [-0.4, -0.2) is 23.5 Å². The molecule has 1 aliphatic rings. The maximum absolute atomic E-state index is 7.70. The van der Waals surface area contributed by atoms with E-state index >= 15 is 0 Å². The number of aromatic nitrogens is 1. The molecular formula is C10H14N2. The average Bonchev–Trinajstić information content (AvgIpc) is 2.41. The lowest BCUT2D eigenvalue weighted by Crippen LogP contribution is -2.17. The summed E-state index contributed by atoms with van der Waals surface area (Å²) in [6.45, 7) is 0.507. The van der Waals surface area contributed by atoms with E-state index in [1.165, 1.54) is 0 Å². The Labute approximate surface area is 76.0 Å². The first kappa shape index (κ1) is 5.70. The summed E-state index contributed by atoms with van der Waals surface area (Å²) in [6.07, 6.45) is 3.07. The molecule has 1 saturated heterocycles. The van der Waals surface area contributed by atoms with Crippen molar-refractivity contribution in [2.75, 3.05) is 13.6 Å². The molecule has 0 spiro atoms. The van der Waals surface area contributed by atoms with Gasteiger partial charge in [0.2, 0.25) is 0 Å². The summed E-state index contributed by atoms with van der Waals surface area (Å²) in [4.78, 5) is 6.11. The zero-order chi connectivity index (χ0) is 10.2. The largest absolute Gasteiger partial charge is 0.299 e. The van der Waals surface area contributed by atoms with E-state index in [1.807, 2.05) is 25.4 Å². The van der Waals surface area contributed by atoms with Crippen LogP contribution in [0, 0.1) is 0 Å². The van der Waals surface area contributed by atoms with E-state index in [2.05, 4.69) is 9.88 Å². The molecule has 1 aliphatic heterocycles. The van der Waals surface area contributed by atoms with Crippen LogP contribution in [0.1, 0.15) is 27.1 Å². The van der Waals surface area contributed by atoms with Gasteiger partial charge in [0, 0.05) is 21.2 Å². The van der Waals surface area contributed by atoms with Gasteiger partial charge in [-0.25, -0.2) is 0 Å². The molecule has 1 aromatic heterocycles. The summed E-state index contributed by atoms with van der Waals surface area (Å²) in [7, 11) is 1.96. The predicted molar refractivity (Wildman–Crippen MR) is 48.8 cm³/mol. The van der Waals surface area contributed by atoms with Crippen molar-refractivity contribution in [3.63, 3.8) is 0 Å². The Morgan fingerprint density at radius 1 is 1.75 bits per heavy atom. The van der Waals surface area contributed by atoms with Gasteiger partial charge in [0.25, 0.3) is 0 Å². The maximum atomic E-state index is 7.70. The van der Waals surface area contributed by atoms with Gasteiger partial charge in [0.05, 0.1) is 0 Å². The smallest absolute Gasteiger partial charge is 0.0360 e. The number of hydrogen-bond donors (Lipinski definition) is 0. The fraction of sp³-hybridized carbons (Fsp3) is 0.500. The zero-order valence-electron chi connectivity index (χ0n) is 9.20. The first-order valence-corrected chi connectivity index (χ1v) is 4.19. The lowest BCUT2D eigenvalue weighted by atomic mass is 10.1. The number of nitrogens with zero attached hydrogens (tertiary/aromatic N) is 2.